The second-order valence-electron chi connectivity index (χ2n) is 5.27. The molecule has 0 unspecified atom stereocenters. The Kier molecular flexibility index (Phi) is 5.01. The van der Waals surface area contributed by atoms with Gasteiger partial charge in [0.05, 0.1) is 21.0 Å². The van der Waals surface area contributed by atoms with Crippen molar-refractivity contribution in [3.05, 3.63) is 54.1 Å². The summed E-state index contributed by atoms with van der Waals surface area (Å²) in [6, 6.07) is 12.1. The molecule has 8 heteroatoms. The summed E-state index contributed by atoms with van der Waals surface area (Å²) in [6.45, 7) is 1.73. The van der Waals surface area contributed by atoms with Gasteiger partial charge in [0, 0.05) is 5.69 Å². The van der Waals surface area contributed by atoms with Gasteiger partial charge in [0.2, 0.25) is 5.91 Å². The molecule has 25 heavy (non-hydrogen) atoms. The molecular weight excluding hydrogens is 369 g/mol. The van der Waals surface area contributed by atoms with Gasteiger partial charge in [-0.15, -0.1) is 11.3 Å². The molecule has 2 aromatic carbocycles. The highest BCUT2D eigenvalue weighted by Gasteiger charge is 2.30. The molecule has 0 saturated carbocycles. The number of carbonyl (C=O) groups is 1. The lowest BCUT2D eigenvalue weighted by Crippen LogP contribution is -2.22. The number of anilines is 1. The molecule has 0 aliphatic rings. The molecule has 130 valence electrons. The summed E-state index contributed by atoms with van der Waals surface area (Å²) in [4.78, 5) is 16.7. The molecule has 1 amide bonds. The number of hydrogen-bond acceptors (Lipinski definition) is 4. The van der Waals surface area contributed by atoms with Crippen LogP contribution >= 0.6 is 23.1 Å². The first-order valence-corrected chi connectivity index (χ1v) is 9.03. The van der Waals surface area contributed by atoms with Crippen LogP contribution in [0.2, 0.25) is 0 Å². The Morgan fingerprint density at radius 3 is 2.48 bits per heavy atom. The van der Waals surface area contributed by atoms with Crippen molar-refractivity contribution < 1.29 is 18.0 Å². The number of alkyl halides is 3. The summed E-state index contributed by atoms with van der Waals surface area (Å²) in [6.07, 6.45) is -4.39. The zero-order chi connectivity index (χ0) is 18.0. The minimum atomic E-state index is -4.39. The number of rotatable bonds is 4. The summed E-state index contributed by atoms with van der Waals surface area (Å²) in [5, 5.41) is 2.20. The Balaban J connectivity index is 1.64. The number of nitrogens with one attached hydrogen (secondary N) is 1. The fourth-order valence-electron chi connectivity index (χ4n) is 2.09. The van der Waals surface area contributed by atoms with E-state index in [4.69, 9.17) is 0 Å². The molecule has 3 rings (SSSR count). The number of amides is 1. The predicted molar refractivity (Wildman–Crippen MR) is 95.0 cm³/mol. The number of benzene rings is 2. The highest BCUT2D eigenvalue weighted by atomic mass is 32.2. The van der Waals surface area contributed by atoms with Crippen LogP contribution < -0.4 is 5.32 Å². The number of para-hydroxylation sites is 1. The molecule has 0 fully saturated rings. The van der Waals surface area contributed by atoms with E-state index in [1.54, 1.807) is 6.92 Å². The smallest absolute Gasteiger partial charge is 0.325 e. The van der Waals surface area contributed by atoms with E-state index in [2.05, 4.69) is 10.3 Å². The van der Waals surface area contributed by atoms with E-state index in [9.17, 15) is 18.0 Å². The van der Waals surface area contributed by atoms with E-state index in [0.29, 0.717) is 5.69 Å². The first kappa shape index (κ1) is 17.8. The first-order chi connectivity index (χ1) is 11.8. The maximum atomic E-state index is 12.5. The van der Waals surface area contributed by atoms with Crippen molar-refractivity contribution in [2.75, 3.05) is 5.32 Å². The van der Waals surface area contributed by atoms with Crippen LogP contribution in [0, 0.1) is 0 Å². The van der Waals surface area contributed by atoms with Crippen LogP contribution in [-0.2, 0) is 11.0 Å². The molecule has 3 aromatic rings. The van der Waals surface area contributed by atoms with Crippen molar-refractivity contribution in [3.63, 3.8) is 0 Å². The van der Waals surface area contributed by atoms with Gasteiger partial charge in [-0.05, 0) is 43.3 Å². The van der Waals surface area contributed by atoms with Gasteiger partial charge in [-0.2, -0.15) is 13.2 Å². The van der Waals surface area contributed by atoms with E-state index >= 15 is 0 Å². The first-order valence-electron chi connectivity index (χ1n) is 7.33. The molecule has 0 radical (unpaired) electrons. The Morgan fingerprint density at radius 1 is 1.16 bits per heavy atom. The maximum Gasteiger partial charge on any atom is 0.416 e. The van der Waals surface area contributed by atoms with Crippen molar-refractivity contribution in [1.29, 1.82) is 0 Å². The van der Waals surface area contributed by atoms with Crippen LogP contribution in [-0.4, -0.2) is 16.1 Å². The molecule has 1 heterocycles. The molecule has 3 nitrogen and oxygen atoms in total. The number of thioether (sulfide) groups is 1. The van der Waals surface area contributed by atoms with Crippen LogP contribution in [0.1, 0.15) is 12.5 Å². The van der Waals surface area contributed by atoms with Gasteiger partial charge in [-0.1, -0.05) is 23.9 Å². The quantitative estimate of drug-likeness (QED) is 0.612. The lowest BCUT2D eigenvalue weighted by Gasteiger charge is -2.11. The van der Waals surface area contributed by atoms with E-state index in [-0.39, 0.29) is 5.91 Å². The molecule has 1 N–H and O–H groups in total. The summed E-state index contributed by atoms with van der Waals surface area (Å²) < 4.78 is 39.4. The minimum Gasteiger partial charge on any atom is -0.325 e. The van der Waals surface area contributed by atoms with Crippen molar-refractivity contribution in [3.8, 4) is 0 Å². The van der Waals surface area contributed by atoms with Gasteiger partial charge in [0.1, 0.15) is 0 Å². The van der Waals surface area contributed by atoms with Crippen molar-refractivity contribution in [2.45, 2.75) is 22.7 Å². The summed E-state index contributed by atoms with van der Waals surface area (Å²) in [7, 11) is 0. The number of halogens is 3. The molecular formula is C17H13F3N2OS2. The Bertz CT molecular complexity index is 858. The van der Waals surface area contributed by atoms with E-state index < -0.39 is 17.0 Å². The fraction of sp³-hybridized carbons (Fsp3) is 0.176. The molecule has 0 aliphatic heterocycles. The zero-order valence-electron chi connectivity index (χ0n) is 13.0. The fourth-order valence-corrected chi connectivity index (χ4v) is 4.30. The third-order valence-corrected chi connectivity index (χ3v) is 5.63. The number of aromatic nitrogens is 1. The largest absolute Gasteiger partial charge is 0.416 e. The summed E-state index contributed by atoms with van der Waals surface area (Å²) in [5.41, 5.74) is 0.461. The second kappa shape index (κ2) is 7.05. The number of fused-ring (bicyclic) bond motifs is 1. The Labute approximate surface area is 150 Å². The third-order valence-electron chi connectivity index (χ3n) is 3.40. The molecule has 0 aliphatic carbocycles. The SMILES string of the molecule is C[C@@H](Sc1nc2ccccc2s1)C(=O)Nc1ccc(C(F)(F)F)cc1. The molecule has 0 spiro atoms. The monoisotopic (exact) mass is 382 g/mol. The highest BCUT2D eigenvalue weighted by Crippen LogP contribution is 2.33. The zero-order valence-corrected chi connectivity index (χ0v) is 14.6. The molecule has 0 bridgehead atoms. The third kappa shape index (κ3) is 4.32. The number of thiazole rings is 1. The number of hydrogen-bond donors (Lipinski definition) is 1. The standard InChI is InChI=1S/C17H13F3N2OS2/c1-10(24-16-22-13-4-2-3-5-14(13)25-16)15(23)21-12-8-6-11(7-9-12)17(18,19)20/h2-10H,1H3,(H,21,23)/t10-/m1/s1. The van der Waals surface area contributed by atoms with Crippen LogP contribution in [0.15, 0.2) is 52.9 Å². The maximum absolute atomic E-state index is 12.5. The van der Waals surface area contributed by atoms with E-state index in [1.165, 1.54) is 35.2 Å². The summed E-state index contributed by atoms with van der Waals surface area (Å²) >= 11 is 2.82. The van der Waals surface area contributed by atoms with Crippen molar-refractivity contribution in [1.82, 2.24) is 4.98 Å². The molecule has 0 saturated heterocycles. The second-order valence-corrected chi connectivity index (χ2v) is 7.89. The number of carbonyl (C=O) groups excluding carboxylic acids is 1. The topological polar surface area (TPSA) is 42.0 Å². The van der Waals surface area contributed by atoms with Crippen LogP contribution in [0.3, 0.4) is 0 Å². The lowest BCUT2D eigenvalue weighted by molar-refractivity contribution is -0.137. The van der Waals surface area contributed by atoms with Crippen molar-refractivity contribution >= 4 is 44.9 Å². The average Bonchev–Trinajstić information content (AvgIpc) is 2.96. The van der Waals surface area contributed by atoms with Crippen molar-refractivity contribution in [2.24, 2.45) is 0 Å². The summed E-state index contributed by atoms with van der Waals surface area (Å²) in [5.74, 6) is -0.288. The van der Waals surface area contributed by atoms with Gasteiger partial charge in [-0.3, -0.25) is 4.79 Å². The predicted octanol–water partition coefficient (Wildman–Crippen LogP) is 5.43. The van der Waals surface area contributed by atoms with Crippen LogP contribution in [0.4, 0.5) is 18.9 Å². The van der Waals surface area contributed by atoms with E-state index in [0.717, 1.165) is 26.7 Å². The van der Waals surface area contributed by atoms with E-state index in [1.807, 2.05) is 24.3 Å². The number of nitrogens with zero attached hydrogens (tertiary/aromatic N) is 1. The van der Waals surface area contributed by atoms with Crippen LogP contribution in [0.5, 0.6) is 0 Å². The normalized spacial score (nSPS) is 13.0. The Morgan fingerprint density at radius 2 is 1.84 bits per heavy atom. The van der Waals surface area contributed by atoms with Crippen LogP contribution in [0.25, 0.3) is 10.2 Å². The molecule has 1 aromatic heterocycles. The van der Waals surface area contributed by atoms with Gasteiger partial charge >= 0.3 is 6.18 Å². The average molecular weight is 382 g/mol. The minimum absolute atomic E-state index is 0.288. The van der Waals surface area contributed by atoms with Gasteiger partial charge in [0.25, 0.3) is 0 Å². The molecule has 1 atom stereocenters. The lowest BCUT2D eigenvalue weighted by atomic mass is 10.2. The Hall–Kier alpha value is -2.06. The van der Waals surface area contributed by atoms with Gasteiger partial charge < -0.3 is 5.32 Å². The van der Waals surface area contributed by atoms with Gasteiger partial charge in [0.15, 0.2) is 4.34 Å². The van der Waals surface area contributed by atoms with Gasteiger partial charge in [-0.25, -0.2) is 4.98 Å². The highest BCUT2D eigenvalue weighted by molar-refractivity contribution is 8.02.